The molecule has 2 heterocycles. The molecule has 0 bridgehead atoms. The molecule has 0 amide bonds. The molecule has 5 heteroatoms. The average Bonchev–Trinajstić information content (AvgIpc) is 2.83. The molecule has 1 aliphatic heterocycles. The third kappa shape index (κ3) is 3.02. The predicted octanol–water partition coefficient (Wildman–Crippen LogP) is 3.25. The van der Waals surface area contributed by atoms with Crippen LogP contribution >= 0.6 is 0 Å². The van der Waals surface area contributed by atoms with Crippen LogP contribution in [0.1, 0.15) is 31.1 Å². The van der Waals surface area contributed by atoms with E-state index in [2.05, 4.69) is 29.7 Å². The summed E-state index contributed by atoms with van der Waals surface area (Å²) in [6.07, 6.45) is 2.90. The zero-order valence-electron chi connectivity index (χ0n) is 12.4. The minimum absolute atomic E-state index is 0.147. The topological polar surface area (TPSA) is 27.1 Å². The van der Waals surface area contributed by atoms with Gasteiger partial charge in [-0.15, -0.1) is 10.6 Å². The van der Waals surface area contributed by atoms with Crippen LogP contribution in [-0.2, 0) is 4.74 Å². The highest BCUT2D eigenvalue weighted by molar-refractivity contribution is 6.64. The number of rotatable bonds is 1. The molecule has 0 aliphatic carbocycles. The van der Waals surface area contributed by atoms with Gasteiger partial charge in [-0.05, 0) is 37.5 Å². The fourth-order valence-corrected chi connectivity index (χ4v) is 3.00. The fraction of sp³-hybridized carbons (Fsp3) is 0.438. The lowest BCUT2D eigenvalue weighted by Crippen LogP contribution is -2.19. The van der Waals surface area contributed by atoms with Crippen LogP contribution in [0, 0.1) is 17.4 Å². The molecule has 0 saturated carbocycles. The summed E-state index contributed by atoms with van der Waals surface area (Å²) < 4.78 is 21.5. The van der Waals surface area contributed by atoms with Crippen molar-refractivity contribution >= 4 is 19.7 Å². The lowest BCUT2D eigenvalue weighted by atomic mass is 10.1. The monoisotopic (exact) mass is 302 g/mol. The Morgan fingerprint density at radius 2 is 2.24 bits per heavy atom. The lowest BCUT2D eigenvalue weighted by molar-refractivity contribution is -0.0375. The highest BCUT2D eigenvalue weighted by Crippen LogP contribution is 2.28. The fourth-order valence-electron chi connectivity index (χ4n) is 2.54. The van der Waals surface area contributed by atoms with Crippen molar-refractivity contribution in [2.75, 3.05) is 6.61 Å². The van der Waals surface area contributed by atoms with Crippen LogP contribution in [0.5, 0.6) is 0 Å². The Hall–Kier alpha value is -1.64. The summed E-state index contributed by atoms with van der Waals surface area (Å²) in [6, 6.07) is 5.63. The normalized spacial score (nSPS) is 18.8. The number of ether oxygens (including phenoxy) is 1. The van der Waals surface area contributed by atoms with E-state index < -0.39 is 14.7 Å². The van der Waals surface area contributed by atoms with E-state index in [0.29, 0.717) is 5.39 Å². The largest absolute Gasteiger partial charge is 0.356 e. The Kier molecular flexibility index (Phi) is 4.09. The van der Waals surface area contributed by atoms with Crippen LogP contribution in [0.25, 0.3) is 10.9 Å². The van der Waals surface area contributed by atoms with Gasteiger partial charge in [0.05, 0.1) is 10.9 Å². The number of hydrogen-bond acceptors (Lipinski definition) is 2. The molecule has 1 saturated heterocycles. The quantitative estimate of drug-likeness (QED) is 0.597. The van der Waals surface area contributed by atoms with Crippen molar-refractivity contribution in [2.45, 2.75) is 38.6 Å². The highest BCUT2D eigenvalue weighted by Gasteiger charge is 2.21. The first kappa shape index (κ1) is 14.3. The molecular formula is C16H19FN2OSi. The van der Waals surface area contributed by atoms with Crippen LogP contribution < -0.4 is 0 Å². The van der Waals surface area contributed by atoms with Gasteiger partial charge >= 0.3 is 0 Å². The highest BCUT2D eigenvalue weighted by atomic mass is 28.3. The molecule has 1 aliphatic rings. The van der Waals surface area contributed by atoms with Gasteiger partial charge in [0.15, 0.2) is 6.23 Å². The molecule has 110 valence electrons. The van der Waals surface area contributed by atoms with E-state index >= 15 is 0 Å². The Morgan fingerprint density at radius 1 is 1.38 bits per heavy atom. The first-order valence-electron chi connectivity index (χ1n) is 7.46. The zero-order valence-corrected chi connectivity index (χ0v) is 13.6. The van der Waals surface area contributed by atoms with Gasteiger partial charge in [-0.3, -0.25) is 0 Å². The molecule has 0 N–H and O–H groups in total. The SMILES string of the molecule is C[SiH](C)C#Cc1ccc2c(c1)c(F)nn2C1CCCCO1. The number of fused-ring (bicyclic) bond motifs is 1. The van der Waals surface area contributed by atoms with Gasteiger partial charge in [0.1, 0.15) is 8.80 Å². The molecule has 21 heavy (non-hydrogen) atoms. The molecule has 2 aromatic rings. The maximum Gasteiger partial charge on any atom is 0.240 e. The van der Waals surface area contributed by atoms with Crippen molar-refractivity contribution in [1.29, 1.82) is 0 Å². The number of nitrogens with zero attached hydrogens (tertiary/aromatic N) is 2. The van der Waals surface area contributed by atoms with Crippen molar-refractivity contribution in [3.05, 3.63) is 29.7 Å². The summed E-state index contributed by atoms with van der Waals surface area (Å²) in [5.41, 5.74) is 4.87. The summed E-state index contributed by atoms with van der Waals surface area (Å²) in [5, 5.41) is 4.56. The number of halogens is 1. The van der Waals surface area contributed by atoms with Crippen LogP contribution in [0.2, 0.25) is 13.1 Å². The molecule has 1 unspecified atom stereocenters. The van der Waals surface area contributed by atoms with Crippen molar-refractivity contribution in [1.82, 2.24) is 9.78 Å². The van der Waals surface area contributed by atoms with Gasteiger partial charge in [-0.2, -0.15) is 4.39 Å². The summed E-state index contributed by atoms with van der Waals surface area (Å²) in [6.45, 7) is 5.06. The summed E-state index contributed by atoms with van der Waals surface area (Å²) in [4.78, 5) is 0. The number of benzene rings is 1. The van der Waals surface area contributed by atoms with Gasteiger partial charge in [-0.25, -0.2) is 4.68 Å². The molecule has 1 aromatic heterocycles. The Morgan fingerprint density at radius 3 is 2.95 bits per heavy atom. The smallest absolute Gasteiger partial charge is 0.240 e. The first-order valence-corrected chi connectivity index (χ1v) is 10.3. The molecule has 0 spiro atoms. The lowest BCUT2D eigenvalue weighted by Gasteiger charge is -2.23. The van der Waals surface area contributed by atoms with E-state index in [-0.39, 0.29) is 6.23 Å². The second-order valence-electron chi connectivity index (χ2n) is 5.71. The molecule has 3 rings (SSSR count). The molecule has 0 radical (unpaired) electrons. The predicted molar refractivity (Wildman–Crippen MR) is 84.3 cm³/mol. The maximum atomic E-state index is 14.1. The van der Waals surface area contributed by atoms with E-state index in [1.54, 1.807) is 10.7 Å². The van der Waals surface area contributed by atoms with Crippen molar-refractivity contribution in [3.63, 3.8) is 0 Å². The van der Waals surface area contributed by atoms with E-state index in [1.165, 1.54) is 0 Å². The molecular weight excluding hydrogens is 283 g/mol. The second-order valence-corrected chi connectivity index (χ2v) is 8.31. The summed E-state index contributed by atoms with van der Waals surface area (Å²) >= 11 is 0. The van der Waals surface area contributed by atoms with Crippen molar-refractivity contribution in [3.8, 4) is 11.5 Å². The van der Waals surface area contributed by atoms with Gasteiger partial charge in [0.25, 0.3) is 0 Å². The summed E-state index contributed by atoms with van der Waals surface area (Å²) in [7, 11) is -0.928. The maximum absolute atomic E-state index is 14.1. The van der Waals surface area contributed by atoms with Crippen molar-refractivity contribution < 1.29 is 9.13 Å². The molecule has 1 atom stereocenters. The van der Waals surface area contributed by atoms with Gasteiger partial charge < -0.3 is 4.74 Å². The average molecular weight is 302 g/mol. The third-order valence-electron chi connectivity index (χ3n) is 3.59. The molecule has 1 fully saturated rings. The Bertz CT molecular complexity index is 708. The first-order chi connectivity index (χ1) is 10.1. The van der Waals surface area contributed by atoms with Crippen LogP contribution in [0.15, 0.2) is 18.2 Å². The minimum atomic E-state index is -0.928. The Balaban J connectivity index is 2.00. The van der Waals surface area contributed by atoms with Gasteiger partial charge in [0, 0.05) is 12.2 Å². The van der Waals surface area contributed by atoms with E-state index in [4.69, 9.17) is 4.74 Å². The summed E-state index contributed by atoms with van der Waals surface area (Å²) in [5.74, 6) is 2.69. The van der Waals surface area contributed by atoms with Crippen LogP contribution in [0.4, 0.5) is 4.39 Å². The zero-order chi connectivity index (χ0) is 14.8. The number of hydrogen-bond donors (Lipinski definition) is 0. The third-order valence-corrected chi connectivity index (χ3v) is 4.32. The van der Waals surface area contributed by atoms with E-state index in [9.17, 15) is 4.39 Å². The van der Waals surface area contributed by atoms with E-state index in [0.717, 1.165) is 36.9 Å². The van der Waals surface area contributed by atoms with Crippen molar-refractivity contribution in [2.24, 2.45) is 0 Å². The van der Waals surface area contributed by atoms with Gasteiger partial charge in [0.2, 0.25) is 5.95 Å². The Labute approximate surface area is 125 Å². The van der Waals surface area contributed by atoms with E-state index in [1.807, 2.05) is 12.1 Å². The standard InChI is InChI=1S/C16H19FN2OSi/c1-21(2)10-8-12-6-7-14-13(11-12)16(17)18-19(14)15-5-3-4-9-20-15/h6-7,11,15,21H,3-5,9H2,1-2H3. The van der Waals surface area contributed by atoms with Gasteiger partial charge in [-0.1, -0.05) is 19.0 Å². The van der Waals surface area contributed by atoms with Crippen LogP contribution in [-0.4, -0.2) is 25.2 Å². The molecule has 1 aromatic carbocycles. The second kappa shape index (κ2) is 6.00. The number of aromatic nitrogens is 2. The minimum Gasteiger partial charge on any atom is -0.356 e. The molecule has 3 nitrogen and oxygen atoms in total. The van der Waals surface area contributed by atoms with Crippen LogP contribution in [0.3, 0.4) is 0 Å².